The average Bonchev–Trinajstić information content (AvgIpc) is 1.99. The van der Waals surface area contributed by atoms with E-state index >= 15 is 0 Å². The van der Waals surface area contributed by atoms with Crippen molar-refractivity contribution in [3.63, 3.8) is 0 Å². The van der Waals surface area contributed by atoms with E-state index < -0.39 is 11.5 Å². The van der Waals surface area contributed by atoms with Gasteiger partial charge in [-0.2, -0.15) is 5.26 Å². The summed E-state index contributed by atoms with van der Waals surface area (Å²) in [6.07, 6.45) is 1.03. The maximum atomic E-state index is 10.7. The highest BCUT2D eigenvalue weighted by atomic mass is 17.1. The van der Waals surface area contributed by atoms with Crippen molar-refractivity contribution in [3.05, 3.63) is 0 Å². The Balaban J connectivity index is 3.88. The zero-order valence-corrected chi connectivity index (χ0v) is 6.54. The van der Waals surface area contributed by atoms with Crippen LogP contribution in [0.5, 0.6) is 0 Å². The molecule has 0 aliphatic rings. The maximum absolute atomic E-state index is 10.7. The van der Waals surface area contributed by atoms with Gasteiger partial charge in [0.15, 0.2) is 0 Å². The molecule has 66 valence electrons. The van der Waals surface area contributed by atoms with Gasteiger partial charge in [-0.05, 0) is 26.3 Å². The summed E-state index contributed by atoms with van der Waals surface area (Å²) in [4.78, 5) is 14.2. The molecule has 11 heavy (non-hydrogen) atoms. The van der Waals surface area contributed by atoms with E-state index in [2.05, 4.69) is 4.89 Å². The van der Waals surface area contributed by atoms with Crippen LogP contribution in [-0.4, -0.2) is 23.3 Å². The highest BCUT2D eigenvalue weighted by Crippen LogP contribution is 2.09. The van der Waals surface area contributed by atoms with E-state index in [1.165, 1.54) is 6.92 Å². The topological polar surface area (TPSA) is 98.6 Å². The fraction of sp³-hybridized carbons (Fsp3) is 0.833. The standard InChI is InChI=1S/C6H14N2O3/c1-6(8,3-2-4-7)5(9)11-10/h10H,2-4,7-8H2,1H3. The summed E-state index contributed by atoms with van der Waals surface area (Å²) in [5.41, 5.74) is 9.54. The third-order valence-corrected chi connectivity index (χ3v) is 1.45. The van der Waals surface area contributed by atoms with Crippen LogP contribution in [-0.2, 0) is 9.68 Å². The molecule has 5 nitrogen and oxygen atoms in total. The Morgan fingerprint density at radius 2 is 2.27 bits per heavy atom. The van der Waals surface area contributed by atoms with Crippen LogP contribution >= 0.6 is 0 Å². The van der Waals surface area contributed by atoms with Crippen molar-refractivity contribution in [2.24, 2.45) is 11.5 Å². The summed E-state index contributed by atoms with van der Waals surface area (Å²) in [6, 6.07) is 0. The molecule has 0 spiro atoms. The molecule has 1 unspecified atom stereocenters. The second-order valence-corrected chi connectivity index (χ2v) is 2.69. The Kier molecular flexibility index (Phi) is 4.02. The lowest BCUT2D eigenvalue weighted by Crippen LogP contribution is -2.46. The van der Waals surface area contributed by atoms with Gasteiger partial charge >= 0.3 is 5.97 Å². The lowest BCUT2D eigenvalue weighted by molar-refractivity contribution is -0.240. The molecule has 0 aliphatic heterocycles. The highest BCUT2D eigenvalue weighted by molar-refractivity contribution is 5.79. The molecule has 0 amide bonds. The van der Waals surface area contributed by atoms with E-state index in [0.29, 0.717) is 19.4 Å². The monoisotopic (exact) mass is 162 g/mol. The van der Waals surface area contributed by atoms with Gasteiger partial charge in [0.25, 0.3) is 0 Å². The summed E-state index contributed by atoms with van der Waals surface area (Å²) in [5.74, 6) is -0.828. The van der Waals surface area contributed by atoms with E-state index in [0.717, 1.165) is 0 Å². The van der Waals surface area contributed by atoms with E-state index in [9.17, 15) is 4.79 Å². The van der Waals surface area contributed by atoms with Crippen LogP contribution in [0.1, 0.15) is 19.8 Å². The van der Waals surface area contributed by atoms with Gasteiger partial charge < -0.3 is 11.5 Å². The molecule has 1 atom stereocenters. The third kappa shape index (κ3) is 3.31. The number of nitrogens with two attached hydrogens (primary N) is 2. The maximum Gasteiger partial charge on any atom is 0.361 e. The van der Waals surface area contributed by atoms with Crippen molar-refractivity contribution in [2.45, 2.75) is 25.3 Å². The minimum absolute atomic E-state index is 0.406. The molecule has 0 bridgehead atoms. The number of carbonyl (C=O) groups is 1. The summed E-state index contributed by atoms with van der Waals surface area (Å²) >= 11 is 0. The Bertz CT molecular complexity index is 136. The zero-order chi connectivity index (χ0) is 8.91. The molecule has 0 aliphatic carbocycles. The number of hydrogen-bond acceptors (Lipinski definition) is 5. The molecule has 0 aromatic carbocycles. The lowest BCUT2D eigenvalue weighted by Gasteiger charge is -2.18. The van der Waals surface area contributed by atoms with Crippen LogP contribution in [0.4, 0.5) is 0 Å². The fourth-order valence-corrected chi connectivity index (χ4v) is 0.676. The average molecular weight is 162 g/mol. The summed E-state index contributed by atoms with van der Waals surface area (Å²) in [6.45, 7) is 1.95. The van der Waals surface area contributed by atoms with Gasteiger partial charge in [0.05, 0.1) is 0 Å². The van der Waals surface area contributed by atoms with Crippen LogP contribution in [0.25, 0.3) is 0 Å². The number of carbonyl (C=O) groups excluding carboxylic acids is 1. The van der Waals surface area contributed by atoms with Gasteiger partial charge in [-0.15, -0.1) is 0 Å². The van der Waals surface area contributed by atoms with Gasteiger partial charge in [0.2, 0.25) is 0 Å². The second kappa shape index (κ2) is 4.27. The van der Waals surface area contributed by atoms with Gasteiger partial charge in [-0.3, -0.25) is 4.89 Å². The minimum Gasteiger partial charge on any atom is -0.330 e. The van der Waals surface area contributed by atoms with E-state index in [4.69, 9.17) is 16.7 Å². The molecule has 0 saturated carbocycles. The molecular weight excluding hydrogens is 148 g/mol. The largest absolute Gasteiger partial charge is 0.361 e. The molecular formula is C6H14N2O3. The fourth-order valence-electron chi connectivity index (χ4n) is 0.676. The van der Waals surface area contributed by atoms with Crippen molar-refractivity contribution in [1.82, 2.24) is 0 Å². The molecule has 0 aromatic heterocycles. The van der Waals surface area contributed by atoms with Crippen molar-refractivity contribution in [3.8, 4) is 0 Å². The minimum atomic E-state index is -1.13. The third-order valence-electron chi connectivity index (χ3n) is 1.45. The Hall–Kier alpha value is -0.650. The highest BCUT2D eigenvalue weighted by Gasteiger charge is 2.29. The van der Waals surface area contributed by atoms with Crippen LogP contribution in [0.3, 0.4) is 0 Å². The first-order valence-corrected chi connectivity index (χ1v) is 3.39. The quantitative estimate of drug-likeness (QED) is 0.381. The van der Waals surface area contributed by atoms with Crippen molar-refractivity contribution in [2.75, 3.05) is 6.54 Å². The lowest BCUT2D eigenvalue weighted by atomic mass is 9.98. The molecule has 0 radical (unpaired) electrons. The Labute approximate surface area is 65.2 Å². The Morgan fingerprint density at radius 3 is 2.64 bits per heavy atom. The van der Waals surface area contributed by atoms with Crippen LogP contribution in [0, 0.1) is 0 Å². The molecule has 5 heteroatoms. The van der Waals surface area contributed by atoms with E-state index in [1.807, 2.05) is 0 Å². The number of hydrogen-bond donors (Lipinski definition) is 3. The van der Waals surface area contributed by atoms with Crippen molar-refractivity contribution in [1.29, 1.82) is 0 Å². The van der Waals surface area contributed by atoms with Crippen molar-refractivity contribution < 1.29 is 14.9 Å². The predicted octanol–water partition coefficient (Wildman–Crippen LogP) is -0.541. The van der Waals surface area contributed by atoms with Crippen LogP contribution in [0.15, 0.2) is 0 Å². The molecule has 0 rings (SSSR count). The van der Waals surface area contributed by atoms with Crippen molar-refractivity contribution >= 4 is 5.97 Å². The van der Waals surface area contributed by atoms with Gasteiger partial charge in [0, 0.05) is 0 Å². The molecule has 0 aromatic rings. The first kappa shape index (κ1) is 10.3. The van der Waals surface area contributed by atoms with Crippen LogP contribution < -0.4 is 11.5 Å². The van der Waals surface area contributed by atoms with E-state index in [1.54, 1.807) is 0 Å². The second-order valence-electron chi connectivity index (χ2n) is 2.69. The first-order valence-electron chi connectivity index (χ1n) is 3.39. The number of rotatable bonds is 4. The predicted molar refractivity (Wildman–Crippen MR) is 39.6 cm³/mol. The zero-order valence-electron chi connectivity index (χ0n) is 6.54. The van der Waals surface area contributed by atoms with Gasteiger partial charge in [-0.25, -0.2) is 4.79 Å². The summed E-state index contributed by atoms with van der Waals surface area (Å²) in [7, 11) is 0. The SMILES string of the molecule is CC(N)(CCCN)C(=O)OO. The Morgan fingerprint density at radius 1 is 1.73 bits per heavy atom. The summed E-state index contributed by atoms with van der Waals surface area (Å²) < 4.78 is 0. The molecule has 5 N–H and O–H groups in total. The smallest absolute Gasteiger partial charge is 0.330 e. The molecule has 0 fully saturated rings. The van der Waals surface area contributed by atoms with Crippen LogP contribution in [0.2, 0.25) is 0 Å². The molecule has 0 saturated heterocycles. The van der Waals surface area contributed by atoms with Gasteiger partial charge in [0.1, 0.15) is 5.54 Å². The normalized spacial score (nSPS) is 15.6. The summed E-state index contributed by atoms with van der Waals surface area (Å²) in [5, 5.41) is 8.01. The van der Waals surface area contributed by atoms with E-state index in [-0.39, 0.29) is 0 Å². The first-order chi connectivity index (χ1) is 5.04. The molecule has 0 heterocycles. The van der Waals surface area contributed by atoms with Gasteiger partial charge in [-0.1, -0.05) is 0 Å².